The van der Waals surface area contributed by atoms with Crippen LogP contribution in [0, 0.1) is 0 Å². The van der Waals surface area contributed by atoms with Crippen molar-refractivity contribution >= 4 is 22.0 Å². The monoisotopic (exact) mass is 401 g/mol. The van der Waals surface area contributed by atoms with E-state index in [0.29, 0.717) is 6.42 Å². The summed E-state index contributed by atoms with van der Waals surface area (Å²) in [6, 6.07) is 0. The molecule has 148 valence electrons. The number of carboxylic acids is 1. The number of rotatable bonds is 16. The van der Waals surface area contributed by atoms with Crippen LogP contribution in [0.1, 0.15) is 77.6 Å². The van der Waals surface area contributed by atoms with E-state index in [4.69, 9.17) is 5.11 Å². The molecule has 0 heterocycles. The first-order valence-corrected chi connectivity index (χ1v) is 10.8. The second-order valence-electron chi connectivity index (χ2n) is 6.36. The first kappa shape index (κ1) is 28.1. The van der Waals surface area contributed by atoms with E-state index in [0.717, 1.165) is 19.3 Å². The third-order valence-electron chi connectivity index (χ3n) is 4.05. The maximum absolute atomic E-state index is 12.1. The number of unbranched alkanes of at least 4 members (excludes halogenated alkanes) is 8. The average Bonchev–Trinajstić information content (AvgIpc) is 2.51. The van der Waals surface area contributed by atoms with Gasteiger partial charge in [0.25, 0.3) is 0 Å². The van der Waals surface area contributed by atoms with Gasteiger partial charge in [-0.25, -0.2) is 8.42 Å². The number of nitrogens with zero attached hydrogens (tertiary/aromatic N) is 1. The molecule has 0 spiro atoms. The van der Waals surface area contributed by atoms with Gasteiger partial charge in [0.2, 0.25) is 5.91 Å². The van der Waals surface area contributed by atoms with E-state index in [1.807, 2.05) is 0 Å². The Balaban J connectivity index is 0. The maximum atomic E-state index is 12.1. The number of carbonyl (C=O) groups excluding carboxylic acids is 1. The minimum absolute atomic E-state index is 0. The van der Waals surface area contributed by atoms with Crippen LogP contribution in [-0.4, -0.2) is 53.7 Å². The zero-order chi connectivity index (χ0) is 19.1. The van der Waals surface area contributed by atoms with Gasteiger partial charge < -0.3 is 14.6 Å². The molecule has 0 aliphatic carbocycles. The molecule has 0 bridgehead atoms. The van der Waals surface area contributed by atoms with Crippen LogP contribution in [0.5, 0.6) is 0 Å². The van der Waals surface area contributed by atoms with E-state index in [1.165, 1.54) is 37.0 Å². The molecular formula is C17H32NNaO6S. The maximum Gasteiger partial charge on any atom is 1.00 e. The van der Waals surface area contributed by atoms with Gasteiger partial charge in [0.05, 0.1) is 22.3 Å². The molecule has 0 saturated carbocycles. The topological polar surface area (TPSA) is 115 Å². The second-order valence-corrected chi connectivity index (χ2v) is 7.89. The van der Waals surface area contributed by atoms with E-state index in [1.54, 1.807) is 0 Å². The van der Waals surface area contributed by atoms with Crippen molar-refractivity contribution in [2.45, 2.75) is 77.6 Å². The molecule has 0 aromatic carbocycles. The molecule has 0 aromatic heterocycles. The fourth-order valence-corrected chi connectivity index (χ4v) is 3.00. The standard InChI is InChI=1S/C17H33NO6S.Na/c1-2-3-4-5-6-7-8-9-10-11-16(19)18(13-12-17(20)21)14-15-25(22,23)24;/h2-15H2,1H3,(H,20,21)(H,22,23,24);/q;+1/p-1. The predicted molar refractivity (Wildman–Crippen MR) is 95.2 cm³/mol. The Kier molecular flexibility index (Phi) is 18.3. The van der Waals surface area contributed by atoms with Crippen molar-refractivity contribution in [3.63, 3.8) is 0 Å². The van der Waals surface area contributed by atoms with Crippen LogP contribution in [0.15, 0.2) is 0 Å². The Bertz CT molecular complexity index is 484. The van der Waals surface area contributed by atoms with Crippen LogP contribution in [0.4, 0.5) is 0 Å². The molecule has 9 heteroatoms. The predicted octanol–water partition coefficient (Wildman–Crippen LogP) is -0.240. The van der Waals surface area contributed by atoms with Gasteiger partial charge >= 0.3 is 35.5 Å². The van der Waals surface area contributed by atoms with E-state index in [9.17, 15) is 22.6 Å². The fourth-order valence-electron chi connectivity index (χ4n) is 2.56. The Morgan fingerprint density at radius 1 is 0.885 bits per heavy atom. The quantitative estimate of drug-likeness (QED) is 0.217. The fraction of sp³-hybridized carbons (Fsp3) is 0.882. The molecule has 0 aliphatic heterocycles. The summed E-state index contributed by atoms with van der Waals surface area (Å²) in [5.74, 6) is -2.03. The Labute approximate surface area is 179 Å². The van der Waals surface area contributed by atoms with Gasteiger partial charge in [0.15, 0.2) is 0 Å². The molecule has 0 aromatic rings. The number of amides is 1. The van der Waals surface area contributed by atoms with Crippen molar-refractivity contribution in [1.29, 1.82) is 0 Å². The van der Waals surface area contributed by atoms with E-state index >= 15 is 0 Å². The van der Waals surface area contributed by atoms with Crippen LogP contribution in [-0.2, 0) is 19.7 Å². The SMILES string of the molecule is CCCCCCCCCCCC(=O)N(CCC(=O)O)CCS(=O)(=O)[O-].[Na+]. The summed E-state index contributed by atoms with van der Waals surface area (Å²) in [5.41, 5.74) is 0. The normalized spacial score (nSPS) is 11.0. The largest absolute Gasteiger partial charge is 1.00 e. The number of carbonyl (C=O) groups is 2. The Morgan fingerprint density at radius 3 is 1.85 bits per heavy atom. The second kappa shape index (κ2) is 17.0. The summed E-state index contributed by atoms with van der Waals surface area (Å²) in [6.45, 7) is 1.87. The molecule has 0 radical (unpaired) electrons. The van der Waals surface area contributed by atoms with Crippen LogP contribution in [0.25, 0.3) is 0 Å². The van der Waals surface area contributed by atoms with Crippen molar-refractivity contribution in [3.05, 3.63) is 0 Å². The Morgan fingerprint density at radius 2 is 1.38 bits per heavy atom. The number of carboxylic acid groups (broad SMARTS) is 1. The average molecular weight is 402 g/mol. The summed E-state index contributed by atoms with van der Waals surface area (Å²) in [4.78, 5) is 23.9. The number of hydrogen-bond acceptors (Lipinski definition) is 5. The Hall–Kier alpha value is -0.150. The van der Waals surface area contributed by atoms with Crippen LogP contribution < -0.4 is 29.6 Å². The molecule has 0 rings (SSSR count). The van der Waals surface area contributed by atoms with E-state index in [-0.39, 0.29) is 61.4 Å². The van der Waals surface area contributed by atoms with E-state index in [2.05, 4.69) is 6.92 Å². The van der Waals surface area contributed by atoms with Crippen LogP contribution in [0.3, 0.4) is 0 Å². The zero-order valence-electron chi connectivity index (χ0n) is 16.2. The van der Waals surface area contributed by atoms with Crippen molar-refractivity contribution in [2.24, 2.45) is 0 Å². The van der Waals surface area contributed by atoms with Crippen molar-refractivity contribution < 1.29 is 57.2 Å². The van der Waals surface area contributed by atoms with Gasteiger partial charge in [0.1, 0.15) is 0 Å². The van der Waals surface area contributed by atoms with Gasteiger partial charge in [-0.15, -0.1) is 0 Å². The summed E-state index contributed by atoms with van der Waals surface area (Å²) in [6.07, 6.45) is 10.1. The molecule has 26 heavy (non-hydrogen) atoms. The van der Waals surface area contributed by atoms with Gasteiger partial charge in [0, 0.05) is 19.5 Å². The third kappa shape index (κ3) is 18.6. The first-order chi connectivity index (χ1) is 11.8. The molecule has 0 aliphatic rings. The van der Waals surface area contributed by atoms with Gasteiger partial charge in [-0.1, -0.05) is 58.3 Å². The van der Waals surface area contributed by atoms with Gasteiger partial charge in [-0.2, -0.15) is 0 Å². The minimum atomic E-state index is -4.42. The van der Waals surface area contributed by atoms with Crippen LogP contribution in [0.2, 0.25) is 0 Å². The van der Waals surface area contributed by atoms with Crippen molar-refractivity contribution in [1.82, 2.24) is 4.90 Å². The van der Waals surface area contributed by atoms with Crippen molar-refractivity contribution in [3.8, 4) is 0 Å². The summed E-state index contributed by atoms with van der Waals surface area (Å²) < 4.78 is 32.1. The van der Waals surface area contributed by atoms with Gasteiger partial charge in [-0.05, 0) is 6.42 Å². The van der Waals surface area contributed by atoms with E-state index < -0.39 is 21.8 Å². The van der Waals surface area contributed by atoms with Gasteiger partial charge in [-0.3, -0.25) is 9.59 Å². The molecule has 0 fully saturated rings. The number of hydrogen-bond donors (Lipinski definition) is 1. The molecule has 1 amide bonds. The first-order valence-electron chi connectivity index (χ1n) is 9.19. The third-order valence-corrected chi connectivity index (χ3v) is 4.74. The molecule has 1 N–H and O–H groups in total. The molecule has 0 unspecified atom stereocenters. The van der Waals surface area contributed by atoms with Crippen molar-refractivity contribution in [2.75, 3.05) is 18.8 Å². The number of aliphatic carboxylic acids is 1. The molecular weight excluding hydrogens is 369 g/mol. The molecule has 0 atom stereocenters. The minimum Gasteiger partial charge on any atom is -0.748 e. The summed E-state index contributed by atoms with van der Waals surface area (Å²) in [7, 11) is -4.42. The summed E-state index contributed by atoms with van der Waals surface area (Å²) in [5, 5.41) is 8.70. The van der Waals surface area contributed by atoms with Crippen LogP contribution >= 0.6 is 0 Å². The summed E-state index contributed by atoms with van der Waals surface area (Å²) >= 11 is 0. The molecule has 7 nitrogen and oxygen atoms in total. The molecule has 0 saturated heterocycles. The zero-order valence-corrected chi connectivity index (χ0v) is 19.1. The smallest absolute Gasteiger partial charge is 0.748 e.